The quantitative estimate of drug-likeness (QED) is 0.770. The van der Waals surface area contributed by atoms with Crippen LogP contribution >= 0.6 is 11.3 Å². The Hall–Kier alpha value is -1.99. The number of pyridine rings is 1. The molecule has 1 amide bonds. The van der Waals surface area contributed by atoms with Gasteiger partial charge in [0.15, 0.2) is 5.13 Å². The van der Waals surface area contributed by atoms with Gasteiger partial charge in [0.2, 0.25) is 0 Å². The Morgan fingerprint density at radius 3 is 2.77 bits per heavy atom. The van der Waals surface area contributed by atoms with Crippen LogP contribution in [0.15, 0.2) is 29.9 Å². The Labute approximate surface area is 156 Å². The molecule has 4 fully saturated rings. The van der Waals surface area contributed by atoms with Gasteiger partial charge in [0.25, 0.3) is 5.91 Å². The molecule has 2 aromatic heterocycles. The average Bonchev–Trinajstić information content (AvgIpc) is 3.06. The second-order valence-corrected chi connectivity index (χ2v) is 8.96. The van der Waals surface area contributed by atoms with E-state index in [1.165, 1.54) is 11.3 Å². The normalized spacial score (nSPS) is 34.7. The van der Waals surface area contributed by atoms with Crippen molar-refractivity contribution in [1.29, 1.82) is 0 Å². The molecule has 0 spiro atoms. The van der Waals surface area contributed by atoms with Crippen LogP contribution in [0.25, 0.3) is 0 Å². The Balaban J connectivity index is 1.27. The summed E-state index contributed by atoms with van der Waals surface area (Å²) in [6, 6.07) is 3.94. The van der Waals surface area contributed by atoms with Crippen molar-refractivity contribution < 1.29 is 9.90 Å². The summed E-state index contributed by atoms with van der Waals surface area (Å²) in [4.78, 5) is 21.2. The van der Waals surface area contributed by atoms with E-state index >= 15 is 0 Å². The van der Waals surface area contributed by atoms with Crippen molar-refractivity contribution in [2.24, 2.45) is 17.8 Å². The lowest BCUT2D eigenvalue weighted by Crippen LogP contribution is -2.61. The number of anilines is 2. The molecule has 3 N–H and O–H groups in total. The Bertz CT molecular complexity index is 808. The number of nitrogens with one attached hydrogen (secondary N) is 2. The van der Waals surface area contributed by atoms with Crippen LogP contribution in [0.2, 0.25) is 0 Å². The van der Waals surface area contributed by atoms with Crippen LogP contribution in [0.5, 0.6) is 0 Å². The first-order valence-electron chi connectivity index (χ1n) is 9.24. The SMILES string of the molecule is O=C(N[C@H]1C2CC3CC1C[C@](O)(C3)C2)c1csc(Nc2cccnc2)n1. The highest BCUT2D eigenvalue weighted by Gasteiger charge is 2.55. The van der Waals surface area contributed by atoms with E-state index in [4.69, 9.17) is 0 Å². The summed E-state index contributed by atoms with van der Waals surface area (Å²) in [6.07, 6.45) is 8.32. The molecule has 2 heterocycles. The monoisotopic (exact) mass is 370 g/mol. The molecule has 4 bridgehead atoms. The van der Waals surface area contributed by atoms with E-state index in [9.17, 15) is 9.90 Å². The summed E-state index contributed by atoms with van der Waals surface area (Å²) >= 11 is 1.41. The maximum absolute atomic E-state index is 12.7. The van der Waals surface area contributed by atoms with Crippen LogP contribution in [0.4, 0.5) is 10.8 Å². The van der Waals surface area contributed by atoms with Gasteiger partial charge in [-0.25, -0.2) is 4.98 Å². The maximum Gasteiger partial charge on any atom is 0.271 e. The van der Waals surface area contributed by atoms with E-state index in [0.29, 0.717) is 28.6 Å². The van der Waals surface area contributed by atoms with Gasteiger partial charge in [0, 0.05) is 17.6 Å². The molecule has 4 aliphatic carbocycles. The molecule has 0 radical (unpaired) electrons. The lowest BCUT2D eigenvalue weighted by atomic mass is 9.52. The fraction of sp³-hybridized carbons (Fsp3) is 0.526. The van der Waals surface area contributed by atoms with Crippen molar-refractivity contribution in [3.05, 3.63) is 35.6 Å². The molecule has 6 nitrogen and oxygen atoms in total. The van der Waals surface area contributed by atoms with Crippen molar-refractivity contribution in [3.63, 3.8) is 0 Å². The minimum absolute atomic E-state index is 0.107. The van der Waals surface area contributed by atoms with E-state index in [1.54, 1.807) is 17.8 Å². The van der Waals surface area contributed by atoms with Crippen LogP contribution in [-0.4, -0.2) is 32.6 Å². The van der Waals surface area contributed by atoms with Gasteiger partial charge in [-0.05, 0) is 62.0 Å². The lowest BCUT2D eigenvalue weighted by molar-refractivity contribution is -0.136. The molecule has 7 heteroatoms. The topological polar surface area (TPSA) is 87.1 Å². The minimum Gasteiger partial charge on any atom is -0.390 e. The van der Waals surface area contributed by atoms with E-state index < -0.39 is 5.60 Å². The third-order valence-electron chi connectivity index (χ3n) is 6.19. The zero-order valence-corrected chi connectivity index (χ0v) is 15.2. The van der Waals surface area contributed by atoms with E-state index in [0.717, 1.165) is 37.8 Å². The number of hydrogen-bond acceptors (Lipinski definition) is 6. The van der Waals surface area contributed by atoms with Crippen molar-refractivity contribution in [2.75, 3.05) is 5.32 Å². The zero-order valence-electron chi connectivity index (χ0n) is 14.4. The summed E-state index contributed by atoms with van der Waals surface area (Å²) in [6.45, 7) is 0. The van der Waals surface area contributed by atoms with Crippen LogP contribution in [0, 0.1) is 17.8 Å². The number of amides is 1. The maximum atomic E-state index is 12.7. The largest absolute Gasteiger partial charge is 0.390 e. The first-order chi connectivity index (χ1) is 12.6. The predicted molar refractivity (Wildman–Crippen MR) is 99.4 cm³/mol. The van der Waals surface area contributed by atoms with Gasteiger partial charge in [-0.1, -0.05) is 0 Å². The second-order valence-electron chi connectivity index (χ2n) is 8.10. The molecule has 0 aromatic carbocycles. The number of thiazole rings is 1. The standard InChI is InChI=1S/C19H22N4O2S/c24-17(15-10-26-18(22-15)21-14-2-1-3-20-9-14)23-16-12-4-11-5-13(16)8-19(25,6-11)7-12/h1-3,9-13,16,25H,4-8H2,(H,21,22)(H,23,24)/t11?,12?,13?,16-,19-. The van der Waals surface area contributed by atoms with Gasteiger partial charge in [0.1, 0.15) is 5.69 Å². The first kappa shape index (κ1) is 16.2. The number of rotatable bonds is 4. The summed E-state index contributed by atoms with van der Waals surface area (Å²) in [5, 5.41) is 19.5. The fourth-order valence-corrected chi connectivity index (χ4v) is 6.15. The molecule has 2 aromatic rings. The van der Waals surface area contributed by atoms with Gasteiger partial charge in [-0.3, -0.25) is 9.78 Å². The van der Waals surface area contributed by atoms with Crippen LogP contribution < -0.4 is 10.6 Å². The first-order valence-corrected chi connectivity index (χ1v) is 10.1. The van der Waals surface area contributed by atoms with Crippen LogP contribution in [-0.2, 0) is 0 Å². The molecule has 2 atom stereocenters. The molecule has 6 rings (SSSR count). The van der Waals surface area contributed by atoms with Crippen LogP contribution in [0.3, 0.4) is 0 Å². The Kier molecular flexibility index (Phi) is 3.76. The van der Waals surface area contributed by atoms with Gasteiger partial charge < -0.3 is 15.7 Å². The van der Waals surface area contributed by atoms with Crippen molar-refractivity contribution in [2.45, 2.75) is 43.7 Å². The number of carbonyl (C=O) groups is 1. The number of carbonyl (C=O) groups excluding carboxylic acids is 1. The molecule has 2 unspecified atom stereocenters. The number of nitrogens with zero attached hydrogens (tertiary/aromatic N) is 2. The fourth-order valence-electron chi connectivity index (χ4n) is 5.44. The van der Waals surface area contributed by atoms with E-state index in [1.807, 2.05) is 12.1 Å². The summed E-state index contributed by atoms with van der Waals surface area (Å²) < 4.78 is 0. The van der Waals surface area contributed by atoms with Crippen molar-refractivity contribution in [3.8, 4) is 0 Å². The second kappa shape index (κ2) is 6.03. The summed E-state index contributed by atoms with van der Waals surface area (Å²) in [7, 11) is 0. The van der Waals surface area contributed by atoms with Crippen molar-refractivity contribution in [1.82, 2.24) is 15.3 Å². The average molecular weight is 370 g/mol. The molecular formula is C19H22N4O2S. The summed E-state index contributed by atoms with van der Waals surface area (Å²) in [5.74, 6) is 1.34. The third-order valence-corrected chi connectivity index (χ3v) is 6.95. The third kappa shape index (κ3) is 2.89. The highest BCUT2D eigenvalue weighted by atomic mass is 32.1. The smallest absolute Gasteiger partial charge is 0.271 e. The number of aromatic nitrogens is 2. The van der Waals surface area contributed by atoms with Gasteiger partial charge in [-0.15, -0.1) is 11.3 Å². The number of hydrogen-bond donors (Lipinski definition) is 3. The van der Waals surface area contributed by atoms with Gasteiger partial charge >= 0.3 is 0 Å². The van der Waals surface area contributed by atoms with E-state index in [-0.39, 0.29) is 11.9 Å². The molecule has 4 saturated carbocycles. The Morgan fingerprint density at radius 2 is 2.08 bits per heavy atom. The molecule has 136 valence electrons. The molecule has 4 aliphatic rings. The highest BCUT2D eigenvalue weighted by molar-refractivity contribution is 7.14. The minimum atomic E-state index is -0.473. The van der Waals surface area contributed by atoms with Crippen molar-refractivity contribution >= 4 is 28.1 Å². The zero-order chi connectivity index (χ0) is 17.7. The Morgan fingerprint density at radius 1 is 1.27 bits per heavy atom. The predicted octanol–water partition coefficient (Wildman–Crippen LogP) is 2.95. The van der Waals surface area contributed by atoms with Gasteiger partial charge in [-0.2, -0.15) is 0 Å². The van der Waals surface area contributed by atoms with E-state index in [2.05, 4.69) is 20.6 Å². The summed E-state index contributed by atoms with van der Waals surface area (Å²) in [5.41, 5.74) is 0.830. The molecule has 0 saturated heterocycles. The molecule has 0 aliphatic heterocycles. The molecule has 26 heavy (non-hydrogen) atoms. The number of aliphatic hydroxyl groups is 1. The molecular weight excluding hydrogens is 348 g/mol. The lowest BCUT2D eigenvalue weighted by Gasteiger charge is -2.58. The van der Waals surface area contributed by atoms with Crippen LogP contribution in [0.1, 0.15) is 42.6 Å². The highest BCUT2D eigenvalue weighted by Crippen LogP contribution is 2.55. The van der Waals surface area contributed by atoms with Gasteiger partial charge in [0.05, 0.1) is 17.5 Å².